The lowest BCUT2D eigenvalue weighted by atomic mass is 10.2. The number of benzene rings is 2. The molecule has 0 aliphatic carbocycles. The maximum Gasteiger partial charge on any atom is 0.263 e. The minimum atomic E-state index is -0.613. The van der Waals surface area contributed by atoms with Crippen LogP contribution in [0.3, 0.4) is 0 Å². The number of carbonyl (C=O) groups is 1. The second kappa shape index (κ2) is 7.88. The number of hydrogen-bond acceptors (Lipinski definition) is 3. The highest BCUT2D eigenvalue weighted by Gasteiger charge is 2.20. The predicted molar refractivity (Wildman–Crippen MR) is 91.0 cm³/mol. The van der Waals surface area contributed by atoms with E-state index < -0.39 is 6.10 Å². The molecule has 0 saturated carbocycles. The van der Waals surface area contributed by atoms with E-state index in [1.807, 2.05) is 36.4 Å². The van der Waals surface area contributed by atoms with E-state index in [0.29, 0.717) is 17.3 Å². The van der Waals surface area contributed by atoms with Gasteiger partial charge in [0.1, 0.15) is 11.5 Å². The molecule has 1 atom stereocenters. The van der Waals surface area contributed by atoms with E-state index in [-0.39, 0.29) is 5.91 Å². The highest BCUT2D eigenvalue weighted by molar-refractivity contribution is 6.32. The summed E-state index contributed by atoms with van der Waals surface area (Å²) in [6.45, 7) is 2.22. The normalized spacial score (nSPS) is 11.7. The Kier molecular flexibility index (Phi) is 5.88. The van der Waals surface area contributed by atoms with Crippen molar-refractivity contribution in [1.29, 1.82) is 0 Å². The zero-order valence-corrected chi connectivity index (χ0v) is 14.2. The van der Waals surface area contributed by atoms with Crippen LogP contribution in [-0.2, 0) is 11.3 Å². The van der Waals surface area contributed by atoms with Crippen LogP contribution >= 0.6 is 11.6 Å². The SMILES string of the molecule is COc1ccc(CN(C)C(=O)[C@@H](C)Oc2ccccc2Cl)cc1. The van der Waals surface area contributed by atoms with E-state index in [1.165, 1.54) is 0 Å². The summed E-state index contributed by atoms with van der Waals surface area (Å²) in [6, 6.07) is 14.7. The van der Waals surface area contributed by atoms with Crippen LogP contribution in [-0.4, -0.2) is 31.1 Å². The molecule has 0 N–H and O–H groups in total. The average molecular weight is 334 g/mol. The number of halogens is 1. The summed E-state index contributed by atoms with van der Waals surface area (Å²) in [5, 5.41) is 0.491. The van der Waals surface area contributed by atoms with E-state index in [0.717, 1.165) is 11.3 Å². The molecular formula is C18H20ClNO3. The van der Waals surface area contributed by atoms with Crippen molar-refractivity contribution < 1.29 is 14.3 Å². The number of ether oxygens (including phenoxy) is 2. The molecule has 23 heavy (non-hydrogen) atoms. The third kappa shape index (κ3) is 4.63. The Hall–Kier alpha value is -2.20. The molecule has 0 fully saturated rings. The Balaban J connectivity index is 1.96. The number of likely N-dealkylation sites (N-methyl/N-ethyl adjacent to an activating group) is 1. The molecule has 0 aliphatic heterocycles. The van der Waals surface area contributed by atoms with Crippen LogP contribution in [0.1, 0.15) is 12.5 Å². The van der Waals surface area contributed by atoms with Gasteiger partial charge in [-0.1, -0.05) is 35.9 Å². The van der Waals surface area contributed by atoms with E-state index >= 15 is 0 Å². The van der Waals surface area contributed by atoms with E-state index in [2.05, 4.69) is 0 Å². The van der Waals surface area contributed by atoms with Crippen molar-refractivity contribution in [2.45, 2.75) is 19.6 Å². The molecule has 0 aromatic heterocycles. The number of amides is 1. The Morgan fingerprint density at radius 2 is 1.83 bits per heavy atom. The Morgan fingerprint density at radius 1 is 1.17 bits per heavy atom. The molecule has 5 heteroatoms. The van der Waals surface area contributed by atoms with Crippen molar-refractivity contribution in [3.63, 3.8) is 0 Å². The number of methoxy groups -OCH3 is 1. The van der Waals surface area contributed by atoms with Crippen LogP contribution in [0, 0.1) is 0 Å². The monoisotopic (exact) mass is 333 g/mol. The molecule has 2 rings (SSSR count). The van der Waals surface area contributed by atoms with Gasteiger partial charge in [0.05, 0.1) is 12.1 Å². The van der Waals surface area contributed by atoms with Gasteiger partial charge in [0.15, 0.2) is 6.10 Å². The number of nitrogens with zero attached hydrogens (tertiary/aromatic N) is 1. The van der Waals surface area contributed by atoms with E-state index in [4.69, 9.17) is 21.1 Å². The molecule has 2 aromatic rings. The number of hydrogen-bond donors (Lipinski definition) is 0. The van der Waals surface area contributed by atoms with Gasteiger partial charge in [0.2, 0.25) is 0 Å². The fraction of sp³-hybridized carbons (Fsp3) is 0.278. The summed E-state index contributed by atoms with van der Waals surface area (Å²) in [4.78, 5) is 14.0. The molecule has 0 bridgehead atoms. The van der Waals surface area contributed by atoms with Gasteiger partial charge in [-0.25, -0.2) is 0 Å². The molecular weight excluding hydrogens is 314 g/mol. The maximum atomic E-state index is 12.4. The molecule has 2 aromatic carbocycles. The van der Waals surface area contributed by atoms with Crippen LogP contribution in [0.2, 0.25) is 5.02 Å². The summed E-state index contributed by atoms with van der Waals surface area (Å²) >= 11 is 6.05. The van der Waals surface area contributed by atoms with Gasteiger partial charge in [-0.05, 0) is 36.8 Å². The van der Waals surface area contributed by atoms with Crippen LogP contribution in [0.25, 0.3) is 0 Å². The molecule has 122 valence electrons. The lowest BCUT2D eigenvalue weighted by Crippen LogP contribution is -2.37. The van der Waals surface area contributed by atoms with Crippen molar-refractivity contribution >= 4 is 17.5 Å². The summed E-state index contributed by atoms with van der Waals surface area (Å²) in [5.41, 5.74) is 1.02. The molecule has 0 heterocycles. The fourth-order valence-electron chi connectivity index (χ4n) is 2.17. The van der Waals surface area contributed by atoms with Gasteiger partial charge in [0, 0.05) is 13.6 Å². The van der Waals surface area contributed by atoms with Gasteiger partial charge >= 0.3 is 0 Å². The first-order valence-electron chi connectivity index (χ1n) is 7.30. The molecule has 4 nitrogen and oxygen atoms in total. The third-order valence-electron chi connectivity index (χ3n) is 3.44. The zero-order valence-electron chi connectivity index (χ0n) is 13.5. The lowest BCUT2D eigenvalue weighted by Gasteiger charge is -2.22. The van der Waals surface area contributed by atoms with Crippen LogP contribution in [0.4, 0.5) is 0 Å². The first-order valence-corrected chi connectivity index (χ1v) is 7.68. The van der Waals surface area contributed by atoms with Gasteiger partial charge in [-0.3, -0.25) is 4.79 Å². The van der Waals surface area contributed by atoms with Crippen molar-refractivity contribution in [2.75, 3.05) is 14.2 Å². The Morgan fingerprint density at radius 3 is 2.43 bits per heavy atom. The first-order chi connectivity index (χ1) is 11.0. The molecule has 0 radical (unpaired) electrons. The topological polar surface area (TPSA) is 38.8 Å². The molecule has 0 spiro atoms. The standard InChI is InChI=1S/C18H20ClNO3/c1-13(23-17-7-5-4-6-16(17)19)18(21)20(2)12-14-8-10-15(22-3)11-9-14/h4-11,13H,12H2,1-3H3/t13-/m1/s1. The first kappa shape index (κ1) is 17.2. The molecule has 0 saturated heterocycles. The lowest BCUT2D eigenvalue weighted by molar-refractivity contribution is -0.137. The maximum absolute atomic E-state index is 12.4. The highest BCUT2D eigenvalue weighted by Crippen LogP contribution is 2.24. The second-order valence-electron chi connectivity index (χ2n) is 5.23. The summed E-state index contributed by atoms with van der Waals surface area (Å²) in [6.07, 6.45) is -0.613. The Bertz CT molecular complexity index is 658. The molecule has 0 unspecified atom stereocenters. The average Bonchev–Trinajstić information content (AvgIpc) is 2.56. The predicted octanol–water partition coefficient (Wildman–Crippen LogP) is 3.77. The largest absolute Gasteiger partial charge is 0.497 e. The highest BCUT2D eigenvalue weighted by atomic mass is 35.5. The van der Waals surface area contributed by atoms with Crippen molar-refractivity contribution in [3.8, 4) is 11.5 Å². The molecule has 1 amide bonds. The Labute approximate surface area is 141 Å². The third-order valence-corrected chi connectivity index (χ3v) is 3.76. The number of para-hydroxylation sites is 1. The quantitative estimate of drug-likeness (QED) is 0.807. The van der Waals surface area contributed by atoms with E-state index in [1.54, 1.807) is 38.1 Å². The summed E-state index contributed by atoms with van der Waals surface area (Å²) < 4.78 is 10.8. The summed E-state index contributed by atoms with van der Waals surface area (Å²) in [7, 11) is 3.37. The van der Waals surface area contributed by atoms with Gasteiger partial charge in [-0.2, -0.15) is 0 Å². The minimum absolute atomic E-state index is 0.110. The van der Waals surface area contributed by atoms with E-state index in [9.17, 15) is 4.79 Å². The van der Waals surface area contributed by atoms with Gasteiger partial charge < -0.3 is 14.4 Å². The smallest absolute Gasteiger partial charge is 0.263 e. The number of carbonyl (C=O) groups excluding carboxylic acids is 1. The number of rotatable bonds is 6. The van der Waals surface area contributed by atoms with Crippen LogP contribution < -0.4 is 9.47 Å². The summed E-state index contributed by atoms with van der Waals surface area (Å²) in [5.74, 6) is 1.19. The van der Waals surface area contributed by atoms with Gasteiger partial charge in [0.25, 0.3) is 5.91 Å². The fourth-order valence-corrected chi connectivity index (χ4v) is 2.35. The minimum Gasteiger partial charge on any atom is -0.497 e. The zero-order chi connectivity index (χ0) is 16.8. The van der Waals surface area contributed by atoms with Crippen LogP contribution in [0.15, 0.2) is 48.5 Å². The van der Waals surface area contributed by atoms with Crippen molar-refractivity contribution in [2.24, 2.45) is 0 Å². The molecule has 0 aliphatic rings. The van der Waals surface area contributed by atoms with Crippen molar-refractivity contribution in [1.82, 2.24) is 4.90 Å². The van der Waals surface area contributed by atoms with Crippen molar-refractivity contribution in [3.05, 3.63) is 59.1 Å². The van der Waals surface area contributed by atoms with Crippen LogP contribution in [0.5, 0.6) is 11.5 Å². The second-order valence-corrected chi connectivity index (χ2v) is 5.64. The van der Waals surface area contributed by atoms with Gasteiger partial charge in [-0.15, -0.1) is 0 Å².